The van der Waals surface area contributed by atoms with Crippen LogP contribution in [-0.2, 0) is 4.74 Å². The summed E-state index contributed by atoms with van der Waals surface area (Å²) in [7, 11) is 0. The zero-order chi connectivity index (χ0) is 13.0. The van der Waals surface area contributed by atoms with Crippen molar-refractivity contribution in [2.24, 2.45) is 5.73 Å². The molecule has 0 aromatic heterocycles. The van der Waals surface area contributed by atoms with Crippen LogP contribution < -0.4 is 5.73 Å². The van der Waals surface area contributed by atoms with Crippen LogP contribution in [0.4, 0.5) is 0 Å². The predicted molar refractivity (Wildman–Crippen MR) is 74.4 cm³/mol. The molecular formula is C15H24N2O. The fourth-order valence-corrected chi connectivity index (χ4v) is 2.57. The Morgan fingerprint density at radius 1 is 1.39 bits per heavy atom. The van der Waals surface area contributed by atoms with Crippen LogP contribution in [0.3, 0.4) is 0 Å². The Hall–Kier alpha value is -0.900. The van der Waals surface area contributed by atoms with Crippen molar-refractivity contribution in [3.63, 3.8) is 0 Å². The minimum absolute atomic E-state index is 0.0885. The number of ether oxygens (including phenoxy) is 1. The van der Waals surface area contributed by atoms with Crippen molar-refractivity contribution in [3.05, 3.63) is 35.9 Å². The molecule has 1 aliphatic heterocycles. The maximum Gasteiger partial charge on any atom is 0.0674 e. The molecule has 1 aromatic carbocycles. The molecular weight excluding hydrogens is 224 g/mol. The van der Waals surface area contributed by atoms with E-state index in [0.29, 0.717) is 12.1 Å². The van der Waals surface area contributed by atoms with Gasteiger partial charge in [0.25, 0.3) is 0 Å². The van der Waals surface area contributed by atoms with Gasteiger partial charge in [0.15, 0.2) is 0 Å². The van der Waals surface area contributed by atoms with Gasteiger partial charge in [0.1, 0.15) is 0 Å². The largest absolute Gasteiger partial charge is 0.376 e. The molecule has 1 aromatic rings. The summed E-state index contributed by atoms with van der Waals surface area (Å²) in [4.78, 5) is 2.48. The van der Waals surface area contributed by atoms with Gasteiger partial charge in [-0.1, -0.05) is 37.3 Å². The number of nitrogens with two attached hydrogens (primary N) is 1. The Morgan fingerprint density at radius 3 is 2.78 bits per heavy atom. The first-order chi connectivity index (χ1) is 8.70. The number of hydrogen-bond donors (Lipinski definition) is 1. The number of rotatable bonds is 4. The van der Waals surface area contributed by atoms with Crippen molar-refractivity contribution in [2.45, 2.75) is 38.5 Å². The van der Waals surface area contributed by atoms with Gasteiger partial charge in [0, 0.05) is 25.2 Å². The highest BCUT2D eigenvalue weighted by atomic mass is 16.5. The molecule has 0 saturated carbocycles. The summed E-state index contributed by atoms with van der Waals surface area (Å²) in [6.07, 6.45) is 1.43. The van der Waals surface area contributed by atoms with Gasteiger partial charge in [-0.3, -0.25) is 4.90 Å². The number of nitrogens with zero attached hydrogens (tertiary/aromatic N) is 1. The number of benzene rings is 1. The molecule has 18 heavy (non-hydrogen) atoms. The van der Waals surface area contributed by atoms with Crippen LogP contribution >= 0.6 is 0 Å². The van der Waals surface area contributed by atoms with Crippen LogP contribution in [0.15, 0.2) is 30.3 Å². The lowest BCUT2D eigenvalue weighted by Crippen LogP contribution is -2.50. The van der Waals surface area contributed by atoms with Gasteiger partial charge in [-0.25, -0.2) is 0 Å². The number of morpholine rings is 1. The summed E-state index contributed by atoms with van der Waals surface area (Å²) in [5.41, 5.74) is 7.52. The lowest BCUT2D eigenvalue weighted by Gasteiger charge is -2.39. The molecule has 0 bridgehead atoms. The molecule has 100 valence electrons. The molecule has 3 nitrogen and oxygen atoms in total. The normalized spacial score (nSPS) is 27.1. The third kappa shape index (κ3) is 3.31. The minimum atomic E-state index is 0.0885. The molecule has 1 fully saturated rings. The van der Waals surface area contributed by atoms with Gasteiger partial charge < -0.3 is 10.5 Å². The molecule has 3 unspecified atom stereocenters. The van der Waals surface area contributed by atoms with Crippen molar-refractivity contribution in [1.29, 1.82) is 0 Å². The molecule has 2 rings (SSSR count). The van der Waals surface area contributed by atoms with Gasteiger partial charge in [-0.2, -0.15) is 0 Å². The lowest BCUT2D eigenvalue weighted by molar-refractivity contribution is -0.0575. The van der Waals surface area contributed by atoms with E-state index in [-0.39, 0.29) is 6.04 Å². The average Bonchev–Trinajstić information content (AvgIpc) is 2.40. The molecule has 1 aliphatic rings. The second kappa shape index (κ2) is 6.32. The van der Waals surface area contributed by atoms with Crippen LogP contribution in [-0.4, -0.2) is 36.7 Å². The van der Waals surface area contributed by atoms with E-state index in [1.165, 1.54) is 5.56 Å². The summed E-state index contributed by atoms with van der Waals surface area (Å²) in [6, 6.07) is 10.9. The second-order valence-electron chi connectivity index (χ2n) is 5.18. The highest BCUT2D eigenvalue weighted by molar-refractivity contribution is 5.18. The van der Waals surface area contributed by atoms with Crippen LogP contribution in [0.1, 0.15) is 31.9 Å². The van der Waals surface area contributed by atoms with E-state index in [1.54, 1.807) is 0 Å². The quantitative estimate of drug-likeness (QED) is 0.887. The summed E-state index contributed by atoms with van der Waals surface area (Å²) < 4.78 is 5.72. The molecule has 3 atom stereocenters. The van der Waals surface area contributed by atoms with E-state index in [4.69, 9.17) is 10.5 Å². The summed E-state index contributed by atoms with van der Waals surface area (Å²) >= 11 is 0. The highest BCUT2D eigenvalue weighted by Gasteiger charge is 2.26. The van der Waals surface area contributed by atoms with Crippen LogP contribution in [0, 0.1) is 0 Å². The van der Waals surface area contributed by atoms with E-state index in [0.717, 1.165) is 26.1 Å². The fraction of sp³-hybridized carbons (Fsp3) is 0.600. The summed E-state index contributed by atoms with van der Waals surface area (Å²) in [5.74, 6) is 0. The Bertz CT molecular complexity index is 355. The Morgan fingerprint density at radius 2 is 2.11 bits per heavy atom. The lowest BCUT2D eigenvalue weighted by atomic mass is 10.0. The predicted octanol–water partition coefficient (Wildman–Crippen LogP) is 2.19. The molecule has 0 amide bonds. The molecule has 3 heteroatoms. The maximum absolute atomic E-state index is 6.31. The van der Waals surface area contributed by atoms with Gasteiger partial charge in [0.2, 0.25) is 0 Å². The molecule has 2 N–H and O–H groups in total. The van der Waals surface area contributed by atoms with Gasteiger partial charge >= 0.3 is 0 Å². The second-order valence-corrected chi connectivity index (χ2v) is 5.18. The Kier molecular flexibility index (Phi) is 4.75. The zero-order valence-corrected chi connectivity index (χ0v) is 11.4. The van der Waals surface area contributed by atoms with Crippen molar-refractivity contribution >= 4 is 0 Å². The maximum atomic E-state index is 6.31. The molecule has 1 saturated heterocycles. The molecule has 0 radical (unpaired) electrons. The molecule has 0 aliphatic carbocycles. The van der Waals surface area contributed by atoms with Crippen molar-refractivity contribution < 1.29 is 4.74 Å². The number of hydrogen-bond acceptors (Lipinski definition) is 3. The standard InChI is InChI=1S/C15H24N2O/c1-3-14-11-18-12(2)9-17(14)10-15(16)13-7-5-4-6-8-13/h4-8,12,14-15H,3,9-11,16H2,1-2H3. The van der Waals surface area contributed by atoms with E-state index < -0.39 is 0 Å². The van der Waals surface area contributed by atoms with E-state index in [1.807, 2.05) is 6.07 Å². The van der Waals surface area contributed by atoms with E-state index in [2.05, 4.69) is 43.0 Å². The fourth-order valence-electron chi connectivity index (χ4n) is 2.57. The Labute approximate surface area is 110 Å². The van der Waals surface area contributed by atoms with Crippen molar-refractivity contribution in [2.75, 3.05) is 19.7 Å². The third-order valence-corrected chi connectivity index (χ3v) is 3.71. The summed E-state index contributed by atoms with van der Waals surface area (Å²) in [6.45, 7) is 7.08. The van der Waals surface area contributed by atoms with Gasteiger partial charge in [0.05, 0.1) is 12.7 Å². The first-order valence-corrected chi connectivity index (χ1v) is 6.87. The average molecular weight is 248 g/mol. The molecule has 0 spiro atoms. The zero-order valence-electron chi connectivity index (χ0n) is 11.4. The highest BCUT2D eigenvalue weighted by Crippen LogP contribution is 2.18. The topological polar surface area (TPSA) is 38.5 Å². The van der Waals surface area contributed by atoms with Crippen LogP contribution in [0.25, 0.3) is 0 Å². The van der Waals surface area contributed by atoms with E-state index in [9.17, 15) is 0 Å². The van der Waals surface area contributed by atoms with E-state index >= 15 is 0 Å². The van der Waals surface area contributed by atoms with Crippen molar-refractivity contribution in [1.82, 2.24) is 4.90 Å². The minimum Gasteiger partial charge on any atom is -0.376 e. The first-order valence-electron chi connectivity index (χ1n) is 6.87. The summed E-state index contributed by atoms with van der Waals surface area (Å²) in [5, 5.41) is 0. The van der Waals surface area contributed by atoms with Crippen molar-refractivity contribution in [3.8, 4) is 0 Å². The monoisotopic (exact) mass is 248 g/mol. The Balaban J connectivity index is 1.98. The smallest absolute Gasteiger partial charge is 0.0674 e. The van der Waals surface area contributed by atoms with Crippen LogP contribution in [0.5, 0.6) is 0 Å². The first kappa shape index (κ1) is 13.5. The van der Waals surface area contributed by atoms with Gasteiger partial charge in [-0.05, 0) is 18.9 Å². The SMILES string of the molecule is CCC1COC(C)CN1CC(N)c1ccccc1. The third-order valence-electron chi connectivity index (χ3n) is 3.71. The van der Waals surface area contributed by atoms with Gasteiger partial charge in [-0.15, -0.1) is 0 Å². The van der Waals surface area contributed by atoms with Crippen LogP contribution in [0.2, 0.25) is 0 Å². The molecule has 1 heterocycles.